The molecular weight excluding hydrogens is 240 g/mol. The van der Waals surface area contributed by atoms with Gasteiger partial charge in [-0.25, -0.2) is 4.68 Å². The van der Waals surface area contributed by atoms with E-state index in [0.717, 1.165) is 34.6 Å². The number of nitrogens with one attached hydrogen (secondary N) is 1. The molecule has 1 aliphatic rings. The van der Waals surface area contributed by atoms with Gasteiger partial charge < -0.3 is 5.32 Å². The van der Waals surface area contributed by atoms with Gasteiger partial charge in [0.25, 0.3) is 0 Å². The van der Waals surface area contributed by atoms with Crippen molar-refractivity contribution >= 4 is 11.7 Å². The molecule has 0 saturated heterocycles. The molecule has 2 aromatic rings. The van der Waals surface area contributed by atoms with Gasteiger partial charge in [0, 0.05) is 29.9 Å². The number of fused-ring (bicyclic) bond motifs is 1. The Morgan fingerprint density at radius 1 is 1.47 bits per heavy atom. The fraction of sp³-hybridized carbons (Fsp3) is 0.357. The Morgan fingerprint density at radius 2 is 2.32 bits per heavy atom. The molecule has 19 heavy (non-hydrogen) atoms. The van der Waals surface area contributed by atoms with Crippen LogP contribution in [-0.2, 0) is 17.8 Å². The molecule has 3 rings (SSSR count). The Kier molecular flexibility index (Phi) is 2.81. The smallest absolute Gasteiger partial charge is 0.227 e. The van der Waals surface area contributed by atoms with E-state index in [4.69, 9.17) is 0 Å². The third-order valence-electron chi connectivity index (χ3n) is 3.51. The predicted octanol–water partition coefficient (Wildman–Crippen LogP) is 2.16. The summed E-state index contributed by atoms with van der Waals surface area (Å²) in [6.07, 6.45) is 4.94. The monoisotopic (exact) mass is 256 g/mol. The molecule has 2 aromatic heterocycles. The van der Waals surface area contributed by atoms with Crippen molar-refractivity contribution in [2.75, 3.05) is 5.32 Å². The molecule has 1 aliphatic heterocycles. The van der Waals surface area contributed by atoms with Gasteiger partial charge in [0.2, 0.25) is 5.91 Å². The summed E-state index contributed by atoms with van der Waals surface area (Å²) in [4.78, 5) is 15.7. The van der Waals surface area contributed by atoms with E-state index in [2.05, 4.69) is 22.3 Å². The van der Waals surface area contributed by atoms with Crippen LogP contribution >= 0.6 is 0 Å². The van der Waals surface area contributed by atoms with Gasteiger partial charge in [0.15, 0.2) is 0 Å². The molecule has 0 unspecified atom stereocenters. The van der Waals surface area contributed by atoms with Crippen molar-refractivity contribution in [3.63, 3.8) is 0 Å². The fourth-order valence-corrected chi connectivity index (χ4v) is 2.47. The lowest BCUT2D eigenvalue weighted by molar-refractivity contribution is -0.116. The van der Waals surface area contributed by atoms with Crippen molar-refractivity contribution in [1.29, 1.82) is 0 Å². The zero-order valence-electron chi connectivity index (χ0n) is 11.1. The number of aromatic nitrogens is 3. The van der Waals surface area contributed by atoms with Crippen LogP contribution in [-0.4, -0.2) is 20.7 Å². The SMILES string of the molecule is CCc1c(-c2cnccc2C)nn2c1NC(=O)CC2. The molecule has 0 radical (unpaired) electrons. The summed E-state index contributed by atoms with van der Waals surface area (Å²) in [6.45, 7) is 4.77. The first-order valence-electron chi connectivity index (χ1n) is 6.51. The molecule has 98 valence electrons. The minimum Gasteiger partial charge on any atom is -0.311 e. The minimum atomic E-state index is 0.0663. The third-order valence-corrected chi connectivity index (χ3v) is 3.51. The van der Waals surface area contributed by atoms with Gasteiger partial charge >= 0.3 is 0 Å². The number of nitrogens with zero attached hydrogens (tertiary/aromatic N) is 3. The lowest BCUT2D eigenvalue weighted by Gasteiger charge is -2.15. The molecule has 0 bridgehead atoms. The number of pyridine rings is 1. The number of hydrogen-bond donors (Lipinski definition) is 1. The van der Waals surface area contributed by atoms with Gasteiger partial charge in [-0.1, -0.05) is 6.92 Å². The molecule has 5 nitrogen and oxygen atoms in total. The van der Waals surface area contributed by atoms with Gasteiger partial charge in [-0.2, -0.15) is 5.10 Å². The highest BCUT2D eigenvalue weighted by atomic mass is 16.1. The van der Waals surface area contributed by atoms with E-state index in [-0.39, 0.29) is 5.91 Å². The molecule has 0 saturated carbocycles. The van der Waals surface area contributed by atoms with Crippen LogP contribution in [0.3, 0.4) is 0 Å². The molecule has 5 heteroatoms. The van der Waals surface area contributed by atoms with E-state index in [9.17, 15) is 4.79 Å². The van der Waals surface area contributed by atoms with Crippen LogP contribution < -0.4 is 5.32 Å². The second kappa shape index (κ2) is 4.50. The second-order valence-corrected chi connectivity index (χ2v) is 4.74. The van der Waals surface area contributed by atoms with E-state index in [0.29, 0.717) is 13.0 Å². The highest BCUT2D eigenvalue weighted by Crippen LogP contribution is 2.32. The summed E-state index contributed by atoms with van der Waals surface area (Å²) in [7, 11) is 0. The summed E-state index contributed by atoms with van der Waals surface area (Å²) in [5, 5.41) is 7.58. The van der Waals surface area contributed by atoms with Crippen LogP contribution in [0.5, 0.6) is 0 Å². The number of hydrogen-bond acceptors (Lipinski definition) is 3. The van der Waals surface area contributed by atoms with E-state index in [1.54, 1.807) is 6.20 Å². The maximum Gasteiger partial charge on any atom is 0.227 e. The van der Waals surface area contributed by atoms with Crippen LogP contribution in [0.15, 0.2) is 18.5 Å². The van der Waals surface area contributed by atoms with Gasteiger partial charge in [-0.15, -0.1) is 0 Å². The van der Waals surface area contributed by atoms with E-state index < -0.39 is 0 Å². The quantitative estimate of drug-likeness (QED) is 0.895. The average molecular weight is 256 g/mol. The van der Waals surface area contributed by atoms with Crippen LogP contribution in [0, 0.1) is 6.92 Å². The summed E-state index contributed by atoms with van der Waals surface area (Å²) in [5.74, 6) is 0.911. The van der Waals surface area contributed by atoms with Gasteiger partial charge in [0.1, 0.15) is 5.82 Å². The number of amides is 1. The first-order chi connectivity index (χ1) is 9.20. The van der Waals surface area contributed by atoms with Gasteiger partial charge in [-0.05, 0) is 25.0 Å². The molecule has 0 fully saturated rings. The molecule has 1 N–H and O–H groups in total. The summed E-state index contributed by atoms with van der Waals surface area (Å²) < 4.78 is 1.89. The molecule has 0 aliphatic carbocycles. The minimum absolute atomic E-state index is 0.0663. The number of carbonyl (C=O) groups is 1. The highest BCUT2D eigenvalue weighted by molar-refractivity contribution is 5.93. The van der Waals surface area contributed by atoms with Crippen molar-refractivity contribution in [2.24, 2.45) is 0 Å². The molecule has 0 spiro atoms. The molecule has 0 aromatic carbocycles. The number of carbonyl (C=O) groups excluding carboxylic acids is 1. The maximum atomic E-state index is 11.5. The largest absolute Gasteiger partial charge is 0.311 e. The van der Waals surface area contributed by atoms with Crippen molar-refractivity contribution in [3.8, 4) is 11.3 Å². The lowest BCUT2D eigenvalue weighted by atomic mass is 10.0. The maximum absolute atomic E-state index is 11.5. The molecular formula is C14H16N4O. The topological polar surface area (TPSA) is 59.8 Å². The lowest BCUT2D eigenvalue weighted by Crippen LogP contribution is -2.24. The van der Waals surface area contributed by atoms with Crippen molar-refractivity contribution < 1.29 is 4.79 Å². The van der Waals surface area contributed by atoms with Crippen LogP contribution in [0.1, 0.15) is 24.5 Å². The predicted molar refractivity (Wildman–Crippen MR) is 72.8 cm³/mol. The Bertz CT molecular complexity index is 645. The first-order valence-corrected chi connectivity index (χ1v) is 6.51. The molecule has 3 heterocycles. The van der Waals surface area contributed by atoms with Crippen molar-refractivity contribution in [3.05, 3.63) is 29.6 Å². The van der Waals surface area contributed by atoms with E-state index in [1.807, 2.05) is 23.9 Å². The van der Waals surface area contributed by atoms with Crippen molar-refractivity contribution in [2.45, 2.75) is 33.2 Å². The van der Waals surface area contributed by atoms with Gasteiger partial charge in [-0.3, -0.25) is 9.78 Å². The highest BCUT2D eigenvalue weighted by Gasteiger charge is 2.23. The summed E-state index contributed by atoms with van der Waals surface area (Å²) in [5.41, 5.74) is 4.21. The van der Waals surface area contributed by atoms with Gasteiger partial charge in [0.05, 0.1) is 12.2 Å². The standard InChI is InChI=1S/C14H16N4O/c1-3-10-13(11-8-15-6-4-9(11)2)17-18-7-5-12(19)16-14(10)18/h4,6,8H,3,5,7H2,1-2H3,(H,16,19). The number of rotatable bonds is 2. The van der Waals surface area contributed by atoms with Crippen LogP contribution in [0.25, 0.3) is 11.3 Å². The summed E-state index contributed by atoms with van der Waals surface area (Å²) >= 11 is 0. The number of aryl methyl sites for hydroxylation is 2. The second-order valence-electron chi connectivity index (χ2n) is 4.74. The van der Waals surface area contributed by atoms with Crippen molar-refractivity contribution in [1.82, 2.24) is 14.8 Å². The van der Waals surface area contributed by atoms with Crippen LogP contribution in [0.2, 0.25) is 0 Å². The van der Waals surface area contributed by atoms with E-state index >= 15 is 0 Å². The Labute approximate surface area is 111 Å². The fourth-order valence-electron chi connectivity index (χ4n) is 2.47. The zero-order valence-corrected chi connectivity index (χ0v) is 11.1. The molecule has 1 amide bonds. The Hall–Kier alpha value is -2.17. The molecule has 0 atom stereocenters. The Balaban J connectivity index is 2.18. The average Bonchev–Trinajstić information content (AvgIpc) is 2.76. The first kappa shape index (κ1) is 11.9. The normalized spacial score (nSPS) is 14.1. The summed E-state index contributed by atoms with van der Waals surface area (Å²) in [6, 6.07) is 1.98. The zero-order chi connectivity index (χ0) is 13.4. The number of anilines is 1. The Morgan fingerprint density at radius 3 is 3.05 bits per heavy atom. The van der Waals surface area contributed by atoms with E-state index in [1.165, 1.54) is 0 Å². The van der Waals surface area contributed by atoms with Crippen LogP contribution in [0.4, 0.5) is 5.82 Å². The third kappa shape index (κ3) is 1.91.